The summed E-state index contributed by atoms with van der Waals surface area (Å²) in [4.78, 5) is 2.13. The predicted molar refractivity (Wildman–Crippen MR) is 59.8 cm³/mol. The summed E-state index contributed by atoms with van der Waals surface area (Å²) in [6.07, 6.45) is 0.228. The summed E-state index contributed by atoms with van der Waals surface area (Å²) in [6.45, 7) is 5.10. The Morgan fingerprint density at radius 2 is 1.93 bits per heavy atom. The van der Waals surface area contributed by atoms with Crippen LogP contribution in [0.5, 0.6) is 5.75 Å². The van der Waals surface area contributed by atoms with E-state index in [1.54, 1.807) is 0 Å². The van der Waals surface area contributed by atoms with E-state index < -0.39 is 0 Å². The topological polar surface area (TPSA) is 12.5 Å². The highest BCUT2D eigenvalue weighted by Gasteiger charge is 2.06. The van der Waals surface area contributed by atoms with E-state index in [2.05, 4.69) is 38.9 Å². The van der Waals surface area contributed by atoms with Crippen LogP contribution in [0.2, 0.25) is 0 Å². The largest absolute Gasteiger partial charge is 0.489 e. The molecule has 1 unspecified atom stereocenters. The van der Waals surface area contributed by atoms with Crippen molar-refractivity contribution >= 4 is 0 Å². The maximum absolute atomic E-state index is 5.81. The number of benzene rings is 1. The summed E-state index contributed by atoms with van der Waals surface area (Å²) >= 11 is 0. The standard InChI is InChI=1S/C12H19NO/c1-10-7-5-6-8-12(10)14-11(2)9-13(3)4/h5-8,11H,9H2,1-4H3. The van der Waals surface area contributed by atoms with Gasteiger partial charge in [-0.1, -0.05) is 18.2 Å². The third kappa shape index (κ3) is 3.38. The first kappa shape index (κ1) is 11.1. The van der Waals surface area contributed by atoms with Crippen molar-refractivity contribution < 1.29 is 4.74 Å². The Kier molecular flexibility index (Phi) is 3.96. The molecular formula is C12H19NO. The highest BCUT2D eigenvalue weighted by molar-refractivity contribution is 5.31. The number of ether oxygens (including phenoxy) is 1. The molecule has 2 heteroatoms. The lowest BCUT2D eigenvalue weighted by Gasteiger charge is -2.19. The van der Waals surface area contributed by atoms with Crippen molar-refractivity contribution in [2.75, 3.05) is 20.6 Å². The third-order valence-electron chi connectivity index (χ3n) is 2.04. The average molecular weight is 193 g/mol. The highest BCUT2D eigenvalue weighted by atomic mass is 16.5. The lowest BCUT2D eigenvalue weighted by atomic mass is 10.2. The molecule has 0 radical (unpaired) electrons. The molecule has 78 valence electrons. The van der Waals surface area contributed by atoms with Crippen LogP contribution in [-0.4, -0.2) is 31.6 Å². The predicted octanol–water partition coefficient (Wildman–Crippen LogP) is 2.32. The van der Waals surface area contributed by atoms with E-state index in [-0.39, 0.29) is 6.10 Å². The van der Waals surface area contributed by atoms with Crippen LogP contribution in [0.4, 0.5) is 0 Å². The summed E-state index contributed by atoms with van der Waals surface area (Å²) < 4.78 is 5.81. The zero-order chi connectivity index (χ0) is 10.6. The van der Waals surface area contributed by atoms with E-state index in [1.165, 1.54) is 5.56 Å². The molecule has 0 aromatic heterocycles. The van der Waals surface area contributed by atoms with Gasteiger partial charge in [-0.05, 0) is 39.6 Å². The molecule has 0 aliphatic heterocycles. The second-order valence-electron chi connectivity index (χ2n) is 3.96. The van der Waals surface area contributed by atoms with Gasteiger partial charge < -0.3 is 9.64 Å². The van der Waals surface area contributed by atoms with Crippen molar-refractivity contribution in [1.82, 2.24) is 4.90 Å². The summed E-state index contributed by atoms with van der Waals surface area (Å²) in [5.41, 5.74) is 1.19. The van der Waals surface area contributed by atoms with Crippen molar-refractivity contribution in [2.24, 2.45) is 0 Å². The molecule has 0 spiro atoms. The molecule has 1 aromatic carbocycles. The van der Waals surface area contributed by atoms with Crippen molar-refractivity contribution in [3.63, 3.8) is 0 Å². The van der Waals surface area contributed by atoms with E-state index in [0.29, 0.717) is 0 Å². The summed E-state index contributed by atoms with van der Waals surface area (Å²) in [5.74, 6) is 0.988. The zero-order valence-corrected chi connectivity index (χ0v) is 9.45. The lowest BCUT2D eigenvalue weighted by molar-refractivity contribution is 0.176. The van der Waals surface area contributed by atoms with Crippen LogP contribution >= 0.6 is 0 Å². The fraction of sp³-hybridized carbons (Fsp3) is 0.500. The number of hydrogen-bond donors (Lipinski definition) is 0. The van der Waals surface area contributed by atoms with E-state index in [9.17, 15) is 0 Å². The van der Waals surface area contributed by atoms with E-state index in [0.717, 1.165) is 12.3 Å². The van der Waals surface area contributed by atoms with Crippen LogP contribution in [0.25, 0.3) is 0 Å². The first-order valence-electron chi connectivity index (χ1n) is 4.96. The molecule has 1 atom stereocenters. The molecule has 0 saturated heterocycles. The highest BCUT2D eigenvalue weighted by Crippen LogP contribution is 2.17. The van der Waals surface area contributed by atoms with Gasteiger partial charge in [-0.2, -0.15) is 0 Å². The van der Waals surface area contributed by atoms with Gasteiger partial charge in [0.25, 0.3) is 0 Å². The SMILES string of the molecule is Cc1ccccc1OC(C)CN(C)C. The molecule has 0 aliphatic rings. The monoisotopic (exact) mass is 193 g/mol. The number of aryl methyl sites for hydroxylation is 1. The van der Waals surface area contributed by atoms with Gasteiger partial charge in [0, 0.05) is 6.54 Å². The van der Waals surface area contributed by atoms with Crippen LogP contribution in [0.3, 0.4) is 0 Å². The second-order valence-corrected chi connectivity index (χ2v) is 3.96. The van der Waals surface area contributed by atoms with Crippen molar-refractivity contribution in [2.45, 2.75) is 20.0 Å². The van der Waals surface area contributed by atoms with Crippen molar-refractivity contribution in [3.05, 3.63) is 29.8 Å². The Bertz CT molecular complexity index is 283. The molecule has 1 rings (SSSR count). The lowest BCUT2D eigenvalue weighted by Crippen LogP contribution is -2.28. The van der Waals surface area contributed by atoms with E-state index in [4.69, 9.17) is 4.74 Å². The Morgan fingerprint density at radius 1 is 1.29 bits per heavy atom. The van der Waals surface area contributed by atoms with Gasteiger partial charge in [-0.25, -0.2) is 0 Å². The van der Waals surface area contributed by atoms with Gasteiger partial charge in [0.1, 0.15) is 11.9 Å². The Balaban J connectivity index is 2.56. The number of hydrogen-bond acceptors (Lipinski definition) is 2. The normalized spacial score (nSPS) is 12.9. The zero-order valence-electron chi connectivity index (χ0n) is 9.45. The van der Waals surface area contributed by atoms with Crippen LogP contribution in [-0.2, 0) is 0 Å². The summed E-state index contributed by atoms with van der Waals surface area (Å²) in [5, 5.41) is 0. The molecule has 0 amide bonds. The minimum atomic E-state index is 0.228. The Morgan fingerprint density at radius 3 is 2.50 bits per heavy atom. The second kappa shape index (κ2) is 5.01. The van der Waals surface area contributed by atoms with Gasteiger partial charge in [-0.3, -0.25) is 0 Å². The number of para-hydroxylation sites is 1. The molecule has 0 aliphatic carbocycles. The first-order valence-corrected chi connectivity index (χ1v) is 4.96. The van der Waals surface area contributed by atoms with Gasteiger partial charge in [0.05, 0.1) is 0 Å². The van der Waals surface area contributed by atoms with Crippen molar-refractivity contribution in [3.8, 4) is 5.75 Å². The van der Waals surface area contributed by atoms with Crippen LogP contribution < -0.4 is 4.74 Å². The van der Waals surface area contributed by atoms with Gasteiger partial charge in [-0.15, -0.1) is 0 Å². The number of likely N-dealkylation sites (N-methyl/N-ethyl adjacent to an activating group) is 1. The fourth-order valence-electron chi connectivity index (χ4n) is 1.46. The molecule has 0 heterocycles. The third-order valence-corrected chi connectivity index (χ3v) is 2.04. The molecule has 0 N–H and O–H groups in total. The van der Waals surface area contributed by atoms with Crippen LogP contribution in [0.15, 0.2) is 24.3 Å². The van der Waals surface area contributed by atoms with Gasteiger partial charge in [0.2, 0.25) is 0 Å². The van der Waals surface area contributed by atoms with E-state index >= 15 is 0 Å². The number of rotatable bonds is 4. The molecule has 14 heavy (non-hydrogen) atoms. The summed E-state index contributed by atoms with van der Waals surface area (Å²) in [6, 6.07) is 8.11. The Hall–Kier alpha value is -1.02. The smallest absolute Gasteiger partial charge is 0.122 e. The van der Waals surface area contributed by atoms with Gasteiger partial charge >= 0.3 is 0 Å². The molecular weight excluding hydrogens is 174 g/mol. The van der Waals surface area contributed by atoms with Gasteiger partial charge in [0.15, 0.2) is 0 Å². The van der Waals surface area contributed by atoms with Crippen LogP contribution in [0, 0.1) is 6.92 Å². The quantitative estimate of drug-likeness (QED) is 0.727. The molecule has 0 bridgehead atoms. The minimum Gasteiger partial charge on any atom is -0.489 e. The minimum absolute atomic E-state index is 0.228. The summed E-state index contributed by atoms with van der Waals surface area (Å²) in [7, 11) is 4.11. The average Bonchev–Trinajstić information content (AvgIpc) is 2.07. The maximum Gasteiger partial charge on any atom is 0.122 e. The molecule has 0 fully saturated rings. The number of nitrogens with zero attached hydrogens (tertiary/aromatic N) is 1. The first-order chi connectivity index (χ1) is 6.59. The molecule has 0 saturated carbocycles. The van der Waals surface area contributed by atoms with E-state index in [1.807, 2.05) is 18.2 Å². The Labute approximate surface area is 86.5 Å². The maximum atomic E-state index is 5.81. The van der Waals surface area contributed by atoms with Crippen LogP contribution in [0.1, 0.15) is 12.5 Å². The molecule has 1 aromatic rings. The fourth-order valence-corrected chi connectivity index (χ4v) is 1.46. The van der Waals surface area contributed by atoms with Crippen molar-refractivity contribution in [1.29, 1.82) is 0 Å². The molecule has 2 nitrogen and oxygen atoms in total.